The molecule has 3 N–H and O–H groups in total. The van der Waals surface area contributed by atoms with Crippen molar-refractivity contribution in [2.24, 2.45) is 5.73 Å². The van der Waals surface area contributed by atoms with Crippen LogP contribution in [0.1, 0.15) is 32.3 Å². The van der Waals surface area contributed by atoms with Gasteiger partial charge in [0.1, 0.15) is 5.75 Å². The Morgan fingerprint density at radius 3 is 2.83 bits per heavy atom. The lowest BCUT2D eigenvalue weighted by molar-refractivity contribution is -0.148. The molecular weight excluding hydrogens is 296 g/mol. The first kappa shape index (κ1) is 17.3. The molecule has 2 rings (SSSR count). The molecule has 1 heterocycles. The van der Waals surface area contributed by atoms with Gasteiger partial charge in [-0.1, -0.05) is 12.1 Å². The molecule has 0 aromatic heterocycles. The van der Waals surface area contributed by atoms with Crippen LogP contribution in [0.4, 0.5) is 0 Å². The maximum absolute atomic E-state index is 12.4. The highest BCUT2D eigenvalue weighted by atomic mass is 16.5. The minimum absolute atomic E-state index is 0.0383. The summed E-state index contributed by atoms with van der Waals surface area (Å²) in [5.74, 6) is -0.189. The molecule has 0 saturated carbocycles. The summed E-state index contributed by atoms with van der Waals surface area (Å²) < 4.78 is 5.62. The molecule has 6 nitrogen and oxygen atoms in total. The predicted octanol–water partition coefficient (Wildman–Crippen LogP) is 0.855. The number of likely N-dealkylation sites (tertiary alicyclic amines) is 1. The van der Waals surface area contributed by atoms with Gasteiger partial charge in [-0.3, -0.25) is 9.59 Å². The fourth-order valence-corrected chi connectivity index (χ4v) is 2.74. The number of carbonyl (C=O) groups is 2. The zero-order chi connectivity index (χ0) is 17.0. The third-order valence-electron chi connectivity index (χ3n) is 3.91. The van der Waals surface area contributed by atoms with Crippen molar-refractivity contribution < 1.29 is 19.4 Å². The van der Waals surface area contributed by atoms with E-state index in [0.29, 0.717) is 19.4 Å². The second-order valence-corrected chi connectivity index (χ2v) is 6.31. The number of hydrogen-bond acceptors (Lipinski definition) is 4. The quantitative estimate of drug-likeness (QED) is 0.841. The van der Waals surface area contributed by atoms with Crippen molar-refractivity contribution in [3.05, 3.63) is 29.8 Å². The van der Waals surface area contributed by atoms with Crippen LogP contribution in [0.25, 0.3) is 0 Å². The molecule has 1 fully saturated rings. The van der Waals surface area contributed by atoms with Crippen LogP contribution in [0.3, 0.4) is 0 Å². The van der Waals surface area contributed by atoms with E-state index in [1.165, 1.54) is 4.90 Å². The highest BCUT2D eigenvalue weighted by molar-refractivity contribution is 5.85. The molecule has 23 heavy (non-hydrogen) atoms. The number of nitrogens with two attached hydrogens (primary N) is 1. The summed E-state index contributed by atoms with van der Waals surface area (Å²) >= 11 is 0. The predicted molar refractivity (Wildman–Crippen MR) is 85.9 cm³/mol. The van der Waals surface area contributed by atoms with Gasteiger partial charge in [0.05, 0.1) is 19.1 Å². The van der Waals surface area contributed by atoms with E-state index in [4.69, 9.17) is 10.5 Å². The van der Waals surface area contributed by atoms with Crippen molar-refractivity contribution >= 4 is 11.8 Å². The zero-order valence-corrected chi connectivity index (χ0v) is 13.6. The van der Waals surface area contributed by atoms with Crippen molar-refractivity contribution in [1.29, 1.82) is 0 Å². The molecule has 1 atom stereocenters. The molecular formula is C17H24N2O4. The summed E-state index contributed by atoms with van der Waals surface area (Å²) in [6.45, 7) is 4.37. The van der Waals surface area contributed by atoms with Crippen molar-refractivity contribution in [2.75, 3.05) is 13.1 Å². The Kier molecular flexibility index (Phi) is 5.26. The Morgan fingerprint density at radius 2 is 2.17 bits per heavy atom. The number of piperidine rings is 1. The lowest BCUT2D eigenvalue weighted by Gasteiger charge is -2.37. The number of ether oxygens (including phenoxy) is 1. The Bertz CT molecular complexity index is 588. The van der Waals surface area contributed by atoms with Crippen LogP contribution in [-0.2, 0) is 16.0 Å². The van der Waals surface area contributed by atoms with Gasteiger partial charge in [-0.2, -0.15) is 0 Å². The molecule has 1 aliphatic rings. The Hall–Kier alpha value is -2.08. The third-order valence-corrected chi connectivity index (χ3v) is 3.91. The Balaban J connectivity index is 2.03. The zero-order valence-electron chi connectivity index (χ0n) is 13.6. The van der Waals surface area contributed by atoms with Crippen LogP contribution >= 0.6 is 0 Å². The molecule has 1 aromatic rings. The second kappa shape index (κ2) is 7.00. The van der Waals surface area contributed by atoms with E-state index >= 15 is 0 Å². The Labute approximate surface area is 136 Å². The second-order valence-electron chi connectivity index (χ2n) is 6.31. The number of primary amides is 1. The maximum Gasteiger partial charge on any atom is 0.251 e. The topological polar surface area (TPSA) is 92.9 Å². The number of hydrogen-bond donors (Lipinski definition) is 2. The van der Waals surface area contributed by atoms with Gasteiger partial charge in [0.25, 0.3) is 5.91 Å². The summed E-state index contributed by atoms with van der Waals surface area (Å²) in [5.41, 5.74) is 4.46. The molecule has 0 radical (unpaired) electrons. The van der Waals surface area contributed by atoms with E-state index in [0.717, 1.165) is 11.3 Å². The summed E-state index contributed by atoms with van der Waals surface area (Å²) in [6, 6.07) is 7.38. The van der Waals surface area contributed by atoms with E-state index in [-0.39, 0.29) is 25.0 Å². The van der Waals surface area contributed by atoms with Gasteiger partial charge >= 0.3 is 0 Å². The van der Waals surface area contributed by atoms with Crippen LogP contribution in [0.2, 0.25) is 0 Å². The summed E-state index contributed by atoms with van der Waals surface area (Å²) in [5, 5.41) is 10.2. The fourth-order valence-electron chi connectivity index (χ4n) is 2.74. The number of aliphatic hydroxyl groups is 1. The molecule has 126 valence electrons. The summed E-state index contributed by atoms with van der Waals surface area (Å²) in [7, 11) is 0. The van der Waals surface area contributed by atoms with Crippen LogP contribution in [0.5, 0.6) is 5.75 Å². The van der Waals surface area contributed by atoms with Gasteiger partial charge < -0.3 is 20.5 Å². The average molecular weight is 320 g/mol. The van der Waals surface area contributed by atoms with Crippen molar-refractivity contribution in [1.82, 2.24) is 4.90 Å². The molecule has 1 unspecified atom stereocenters. The molecule has 1 aliphatic heterocycles. The summed E-state index contributed by atoms with van der Waals surface area (Å²) in [6.07, 6.45) is 1.11. The molecule has 0 aliphatic carbocycles. The van der Waals surface area contributed by atoms with Crippen LogP contribution in [0, 0.1) is 0 Å². The van der Waals surface area contributed by atoms with Gasteiger partial charge in [0, 0.05) is 6.54 Å². The average Bonchev–Trinajstić information content (AvgIpc) is 2.46. The van der Waals surface area contributed by atoms with Crippen molar-refractivity contribution in [3.63, 3.8) is 0 Å². The first-order valence-electron chi connectivity index (χ1n) is 7.86. The number of rotatable bonds is 5. The fraction of sp³-hybridized carbons (Fsp3) is 0.529. The normalized spacial score (nSPS) is 21.3. The maximum atomic E-state index is 12.4. The monoisotopic (exact) mass is 320 g/mol. The highest BCUT2D eigenvalue weighted by Crippen LogP contribution is 2.22. The Morgan fingerprint density at radius 1 is 1.43 bits per heavy atom. The molecule has 0 spiro atoms. The van der Waals surface area contributed by atoms with E-state index in [9.17, 15) is 14.7 Å². The largest absolute Gasteiger partial charge is 0.491 e. The van der Waals surface area contributed by atoms with Gasteiger partial charge in [-0.15, -0.1) is 0 Å². The van der Waals surface area contributed by atoms with E-state index in [1.54, 1.807) is 0 Å². The number of amides is 2. The van der Waals surface area contributed by atoms with E-state index < -0.39 is 11.5 Å². The third kappa shape index (κ3) is 4.45. The lowest BCUT2D eigenvalue weighted by Crippen LogP contribution is -2.57. The highest BCUT2D eigenvalue weighted by Gasteiger charge is 2.40. The smallest absolute Gasteiger partial charge is 0.251 e. The van der Waals surface area contributed by atoms with Crippen LogP contribution in [-0.4, -0.2) is 46.6 Å². The van der Waals surface area contributed by atoms with Gasteiger partial charge in [0.2, 0.25) is 5.91 Å². The van der Waals surface area contributed by atoms with Crippen LogP contribution < -0.4 is 10.5 Å². The van der Waals surface area contributed by atoms with Gasteiger partial charge in [-0.25, -0.2) is 0 Å². The first-order valence-corrected chi connectivity index (χ1v) is 7.86. The van der Waals surface area contributed by atoms with E-state index in [2.05, 4.69) is 0 Å². The number of carbonyl (C=O) groups excluding carboxylic acids is 2. The minimum Gasteiger partial charge on any atom is -0.491 e. The van der Waals surface area contributed by atoms with Crippen LogP contribution in [0.15, 0.2) is 24.3 Å². The SMILES string of the molecule is CC(C)Oc1cccc(CC(=O)N2CCCC(O)(C(N)=O)C2)c1. The molecule has 6 heteroatoms. The molecule has 0 bridgehead atoms. The van der Waals surface area contributed by atoms with E-state index in [1.807, 2.05) is 38.1 Å². The lowest BCUT2D eigenvalue weighted by atomic mass is 9.92. The number of β-amino-alcohol motifs (C(OH)–C–C–N with tert-alkyl or cyclic N) is 1. The molecule has 1 saturated heterocycles. The standard InChI is InChI=1S/C17H24N2O4/c1-12(2)23-14-6-3-5-13(9-14)10-15(20)19-8-4-7-17(22,11-19)16(18)21/h3,5-6,9,12,22H,4,7-8,10-11H2,1-2H3,(H2,18,21). The number of benzene rings is 1. The molecule has 2 amide bonds. The minimum atomic E-state index is -1.61. The number of nitrogens with zero attached hydrogens (tertiary/aromatic N) is 1. The van der Waals surface area contributed by atoms with Crippen molar-refractivity contribution in [3.8, 4) is 5.75 Å². The first-order chi connectivity index (χ1) is 10.8. The van der Waals surface area contributed by atoms with Gasteiger partial charge in [-0.05, 0) is 44.4 Å². The van der Waals surface area contributed by atoms with Gasteiger partial charge in [0.15, 0.2) is 5.60 Å². The van der Waals surface area contributed by atoms with Crippen molar-refractivity contribution in [2.45, 2.75) is 44.8 Å². The summed E-state index contributed by atoms with van der Waals surface area (Å²) in [4.78, 5) is 25.3. The molecule has 1 aromatic carbocycles.